The maximum atomic E-state index is 12.0. The summed E-state index contributed by atoms with van der Waals surface area (Å²) in [6.45, 7) is 4.84. The van der Waals surface area contributed by atoms with Crippen LogP contribution in [0.4, 0.5) is 13.2 Å². The number of benzene rings is 2. The van der Waals surface area contributed by atoms with Gasteiger partial charge >= 0.3 is 0 Å². The van der Waals surface area contributed by atoms with E-state index < -0.39 is 17.5 Å². The number of aromatic nitrogens is 2. The number of aryl methyl sites for hydroxylation is 2. The van der Waals surface area contributed by atoms with Crippen molar-refractivity contribution >= 4 is 23.2 Å². The molecule has 2 aromatic heterocycles. The highest BCUT2D eigenvalue weighted by Gasteiger charge is 2.23. The number of rotatable bonds is 5. The van der Waals surface area contributed by atoms with Crippen molar-refractivity contribution in [2.24, 2.45) is 5.16 Å². The molecular formula is C28H27F3N4O2S. The molecule has 0 saturated heterocycles. The van der Waals surface area contributed by atoms with Crippen LogP contribution in [-0.4, -0.2) is 41.0 Å². The van der Waals surface area contributed by atoms with E-state index in [-0.39, 0.29) is 6.10 Å². The third-order valence-corrected chi connectivity index (χ3v) is 6.80. The Morgan fingerprint density at radius 2 is 1.82 bits per heavy atom. The molecule has 1 aliphatic rings. The average Bonchev–Trinajstić information content (AvgIpc) is 3.54. The lowest BCUT2D eigenvalue weighted by Gasteiger charge is -2.28. The van der Waals surface area contributed by atoms with Gasteiger partial charge in [-0.25, -0.2) is 18.2 Å². The normalized spacial score (nSPS) is 15.1. The van der Waals surface area contributed by atoms with E-state index in [4.69, 9.17) is 9.57 Å². The molecule has 5 rings (SSSR count). The van der Waals surface area contributed by atoms with Crippen molar-refractivity contribution in [1.82, 2.24) is 14.5 Å². The van der Waals surface area contributed by atoms with Crippen LogP contribution in [-0.2, 0) is 4.84 Å². The first-order valence-corrected chi connectivity index (χ1v) is 12.5. The number of hydrogen-bond donors (Lipinski definition) is 0. The maximum Gasteiger partial charge on any atom is 0.194 e. The first kappa shape index (κ1) is 27.0. The summed E-state index contributed by atoms with van der Waals surface area (Å²) in [4.78, 5) is 14.6. The van der Waals surface area contributed by atoms with Crippen molar-refractivity contribution in [2.45, 2.75) is 20.0 Å². The first-order valence-electron chi connectivity index (χ1n) is 11.7. The Morgan fingerprint density at radius 3 is 2.39 bits per heavy atom. The zero-order valence-electron chi connectivity index (χ0n) is 21.4. The summed E-state index contributed by atoms with van der Waals surface area (Å²) in [5.41, 5.74) is 2.94. The highest BCUT2D eigenvalue weighted by molar-refractivity contribution is 7.12. The average molecular weight is 541 g/mol. The van der Waals surface area contributed by atoms with E-state index in [1.165, 1.54) is 9.75 Å². The van der Waals surface area contributed by atoms with Crippen molar-refractivity contribution in [1.29, 1.82) is 0 Å². The van der Waals surface area contributed by atoms with Gasteiger partial charge in [-0.2, -0.15) is 0 Å². The monoisotopic (exact) mass is 540 g/mol. The van der Waals surface area contributed by atoms with Crippen LogP contribution < -0.4 is 4.74 Å². The Labute approximate surface area is 223 Å². The molecule has 10 heteroatoms. The Kier molecular flexibility index (Phi) is 8.52. The summed E-state index contributed by atoms with van der Waals surface area (Å²) in [6.07, 6.45) is 7.72. The molecule has 0 spiro atoms. The minimum Gasteiger partial charge on any atom is -0.495 e. The zero-order valence-corrected chi connectivity index (χ0v) is 22.2. The summed E-state index contributed by atoms with van der Waals surface area (Å²) < 4.78 is 43.5. The Hall–Kier alpha value is -4.05. The number of oxime groups is 1. The fourth-order valence-corrected chi connectivity index (χ4v) is 4.59. The van der Waals surface area contributed by atoms with Gasteiger partial charge in [-0.15, -0.1) is 11.3 Å². The second-order valence-corrected chi connectivity index (χ2v) is 9.91. The van der Waals surface area contributed by atoms with E-state index in [1.807, 2.05) is 55.1 Å². The minimum absolute atomic E-state index is 0.0196. The summed E-state index contributed by atoms with van der Waals surface area (Å²) in [5, 5.41) is 4.32. The molecule has 0 fully saturated rings. The third-order valence-electron chi connectivity index (χ3n) is 5.71. The SMILES string of the molecule is COc1cc(/C=C/C2=NOC(c3ccc(C)s3)CN2C)ccc1-n1cnc(C)c1.Fc1cccc(F)c1F. The summed E-state index contributed by atoms with van der Waals surface area (Å²) >= 11 is 1.75. The standard InChI is InChI=1S/C22H24N4O2S.C6H3F3/c1-15-12-26(14-23-15)18-8-6-17(11-19(18)27-4)7-10-22-24-28-20(13-25(22)3)21-9-5-16(2)29-21;7-4-2-1-3-5(8)6(4)9/h5-12,14,20H,13H2,1-4H3;1-3H/b10-7+;. The summed E-state index contributed by atoms with van der Waals surface area (Å²) in [6, 6.07) is 13.1. The number of likely N-dealkylation sites (N-methyl/N-ethyl adjacent to an activating group) is 1. The highest BCUT2D eigenvalue weighted by Crippen LogP contribution is 2.29. The van der Waals surface area contributed by atoms with E-state index in [0.29, 0.717) is 0 Å². The largest absolute Gasteiger partial charge is 0.495 e. The number of imidazole rings is 1. The van der Waals surface area contributed by atoms with Gasteiger partial charge in [0.25, 0.3) is 0 Å². The van der Waals surface area contributed by atoms with Gasteiger partial charge in [0.05, 0.1) is 31.4 Å². The first-order chi connectivity index (χ1) is 18.2. The molecule has 0 radical (unpaired) electrons. The molecule has 4 aromatic rings. The predicted molar refractivity (Wildman–Crippen MR) is 143 cm³/mol. The van der Waals surface area contributed by atoms with Gasteiger partial charge in [-0.1, -0.05) is 23.4 Å². The molecule has 1 aliphatic heterocycles. The Balaban J connectivity index is 0.000000317. The molecule has 6 nitrogen and oxygen atoms in total. The minimum atomic E-state index is -1.42. The second-order valence-electron chi connectivity index (χ2n) is 8.60. The van der Waals surface area contributed by atoms with Crippen molar-refractivity contribution in [2.75, 3.05) is 20.7 Å². The molecule has 38 heavy (non-hydrogen) atoms. The van der Waals surface area contributed by atoms with E-state index in [9.17, 15) is 13.2 Å². The number of thiophene rings is 1. The molecule has 1 atom stereocenters. The fourth-order valence-electron chi connectivity index (χ4n) is 3.70. The quantitative estimate of drug-likeness (QED) is 0.265. The van der Waals surface area contributed by atoms with Crippen molar-refractivity contribution in [3.8, 4) is 11.4 Å². The summed E-state index contributed by atoms with van der Waals surface area (Å²) in [7, 11) is 3.71. The van der Waals surface area contributed by atoms with Gasteiger partial charge in [0.15, 0.2) is 29.4 Å². The fraction of sp³-hybridized carbons (Fsp3) is 0.214. The van der Waals surface area contributed by atoms with Crippen molar-refractivity contribution < 1.29 is 22.7 Å². The molecule has 3 heterocycles. The van der Waals surface area contributed by atoms with E-state index in [1.54, 1.807) is 24.8 Å². The molecule has 0 bridgehead atoms. The van der Waals surface area contributed by atoms with Crippen LogP contribution in [0.5, 0.6) is 5.75 Å². The van der Waals surface area contributed by atoms with Gasteiger partial charge in [0.2, 0.25) is 0 Å². The van der Waals surface area contributed by atoms with Gasteiger partial charge in [0, 0.05) is 23.0 Å². The van der Waals surface area contributed by atoms with E-state index in [0.717, 1.165) is 53.3 Å². The van der Waals surface area contributed by atoms with Crippen LogP contribution in [0.2, 0.25) is 0 Å². The molecule has 2 aromatic carbocycles. The lowest BCUT2D eigenvalue weighted by atomic mass is 10.1. The number of halogens is 3. The number of ether oxygens (including phenoxy) is 1. The van der Waals surface area contributed by atoms with Crippen molar-refractivity contribution in [3.63, 3.8) is 0 Å². The highest BCUT2D eigenvalue weighted by atomic mass is 32.1. The molecule has 198 valence electrons. The molecule has 0 saturated carbocycles. The predicted octanol–water partition coefficient (Wildman–Crippen LogP) is 6.69. The molecule has 0 aliphatic carbocycles. The van der Waals surface area contributed by atoms with Gasteiger partial charge in [0.1, 0.15) is 5.75 Å². The summed E-state index contributed by atoms with van der Waals surface area (Å²) in [5.74, 6) is -2.15. The lowest BCUT2D eigenvalue weighted by molar-refractivity contribution is 0.0281. The van der Waals surface area contributed by atoms with Gasteiger partial charge in [-0.05, 0) is 61.9 Å². The second kappa shape index (κ2) is 12.0. The molecule has 0 amide bonds. The maximum absolute atomic E-state index is 12.0. The van der Waals surface area contributed by atoms with Crippen LogP contribution in [0.3, 0.4) is 0 Å². The van der Waals surface area contributed by atoms with Crippen LogP contribution >= 0.6 is 11.3 Å². The van der Waals surface area contributed by atoms with Crippen molar-refractivity contribution in [3.05, 3.63) is 106 Å². The third kappa shape index (κ3) is 6.44. The van der Waals surface area contributed by atoms with Crippen LogP contribution in [0, 0.1) is 31.3 Å². The van der Waals surface area contributed by atoms with Gasteiger partial charge < -0.3 is 19.0 Å². The van der Waals surface area contributed by atoms with E-state index in [2.05, 4.69) is 34.1 Å². The van der Waals surface area contributed by atoms with Crippen LogP contribution in [0.1, 0.15) is 27.1 Å². The van der Waals surface area contributed by atoms with E-state index >= 15 is 0 Å². The number of nitrogens with zero attached hydrogens (tertiary/aromatic N) is 4. The Morgan fingerprint density at radius 1 is 1.05 bits per heavy atom. The smallest absolute Gasteiger partial charge is 0.194 e. The lowest BCUT2D eigenvalue weighted by Crippen LogP contribution is -2.34. The zero-order chi connectivity index (χ0) is 27.2. The van der Waals surface area contributed by atoms with Crippen LogP contribution in [0.15, 0.2) is 72.3 Å². The van der Waals surface area contributed by atoms with Crippen LogP contribution in [0.25, 0.3) is 11.8 Å². The topological polar surface area (TPSA) is 51.9 Å². The van der Waals surface area contributed by atoms with Gasteiger partial charge in [-0.3, -0.25) is 0 Å². The Bertz CT molecular complexity index is 1440. The molecular weight excluding hydrogens is 513 g/mol. The molecule has 0 N–H and O–H groups in total. The number of hydrogen-bond acceptors (Lipinski definition) is 6. The number of amidine groups is 1. The molecule has 1 unspecified atom stereocenters. The number of methoxy groups -OCH3 is 1.